The second kappa shape index (κ2) is 13.6. The van der Waals surface area contributed by atoms with E-state index in [0.29, 0.717) is 0 Å². The van der Waals surface area contributed by atoms with Gasteiger partial charge >= 0.3 is 0 Å². The molecule has 3 rings (SSSR count). The molecule has 0 N–H and O–H groups in total. The molecule has 31 heavy (non-hydrogen) atoms. The average Bonchev–Trinajstić information content (AvgIpc) is 3.35. The van der Waals surface area contributed by atoms with Crippen LogP contribution >= 0.6 is 11.3 Å². The molecule has 0 radical (unpaired) electrons. The molecule has 1 aromatic carbocycles. The molecule has 4 heteroatoms. The van der Waals surface area contributed by atoms with Gasteiger partial charge in [-0.05, 0) is 43.5 Å². The predicted octanol–water partition coefficient (Wildman–Crippen LogP) is 8.71. The molecule has 0 bridgehead atoms. The van der Waals surface area contributed by atoms with Gasteiger partial charge in [0.1, 0.15) is 5.75 Å². The molecule has 0 saturated heterocycles. The number of nitrogens with zero attached hydrogens (tertiary/aromatic N) is 2. The molecule has 3 aromatic rings. The fourth-order valence-electron chi connectivity index (χ4n) is 3.97. The van der Waals surface area contributed by atoms with E-state index in [-0.39, 0.29) is 0 Å². The Morgan fingerprint density at radius 3 is 2.10 bits per heavy atom. The zero-order chi connectivity index (χ0) is 21.7. The minimum absolute atomic E-state index is 0.814. The lowest BCUT2D eigenvalue weighted by atomic mass is 10.1. The highest BCUT2D eigenvalue weighted by Gasteiger charge is 2.08. The van der Waals surface area contributed by atoms with Gasteiger partial charge in [0.25, 0.3) is 0 Å². The summed E-state index contributed by atoms with van der Waals surface area (Å²) in [7, 11) is 0. The van der Waals surface area contributed by atoms with E-state index in [1.807, 2.05) is 11.3 Å². The van der Waals surface area contributed by atoms with Crippen molar-refractivity contribution in [3.8, 4) is 17.0 Å². The summed E-state index contributed by atoms with van der Waals surface area (Å²) in [4.78, 5) is 7.39. The molecule has 0 aliphatic rings. The van der Waals surface area contributed by atoms with Crippen LogP contribution in [0.15, 0.2) is 36.7 Å². The molecule has 0 spiro atoms. The molecular weight excluding hydrogens is 400 g/mol. The highest BCUT2D eigenvalue weighted by atomic mass is 32.1. The van der Waals surface area contributed by atoms with E-state index in [1.54, 1.807) is 0 Å². The third-order valence-electron chi connectivity index (χ3n) is 5.90. The van der Waals surface area contributed by atoms with Gasteiger partial charge in [0.05, 0.1) is 12.3 Å². The molecule has 2 heterocycles. The molecule has 0 aliphatic carbocycles. The Balaban J connectivity index is 1.41. The first-order chi connectivity index (χ1) is 15.3. The molecule has 0 unspecified atom stereocenters. The number of rotatable bonds is 16. The Morgan fingerprint density at radius 2 is 1.42 bits per heavy atom. The largest absolute Gasteiger partial charge is 0.494 e. The molecule has 0 fully saturated rings. The smallest absolute Gasteiger partial charge is 0.194 e. The van der Waals surface area contributed by atoms with Gasteiger partial charge in [-0.3, -0.25) is 4.40 Å². The van der Waals surface area contributed by atoms with E-state index in [0.717, 1.165) is 35.0 Å². The highest BCUT2D eigenvalue weighted by molar-refractivity contribution is 7.17. The van der Waals surface area contributed by atoms with Crippen molar-refractivity contribution >= 4 is 16.3 Å². The maximum absolute atomic E-state index is 5.92. The van der Waals surface area contributed by atoms with Crippen molar-refractivity contribution in [1.82, 2.24) is 9.38 Å². The van der Waals surface area contributed by atoms with Crippen molar-refractivity contribution in [1.29, 1.82) is 0 Å². The predicted molar refractivity (Wildman–Crippen MR) is 134 cm³/mol. The van der Waals surface area contributed by atoms with Crippen LogP contribution in [0.2, 0.25) is 0 Å². The zero-order valence-electron chi connectivity index (χ0n) is 19.6. The molecule has 2 aromatic heterocycles. The lowest BCUT2D eigenvalue weighted by Crippen LogP contribution is -1.97. The van der Waals surface area contributed by atoms with Crippen LogP contribution in [0, 0.1) is 0 Å². The SMILES string of the molecule is CCCCCCCCCOc1ccc(-c2cn3cc(CCCCCCC)sc3n2)cc1. The number of benzene rings is 1. The Hall–Kier alpha value is -1.81. The molecule has 3 nitrogen and oxygen atoms in total. The van der Waals surface area contributed by atoms with Gasteiger partial charge < -0.3 is 4.74 Å². The van der Waals surface area contributed by atoms with E-state index >= 15 is 0 Å². The van der Waals surface area contributed by atoms with Gasteiger partial charge in [0, 0.05) is 22.8 Å². The molecule has 0 amide bonds. The minimum Gasteiger partial charge on any atom is -0.494 e. The van der Waals surface area contributed by atoms with Gasteiger partial charge in [-0.25, -0.2) is 4.98 Å². The van der Waals surface area contributed by atoms with E-state index < -0.39 is 0 Å². The highest BCUT2D eigenvalue weighted by Crippen LogP contribution is 2.26. The fourth-order valence-corrected chi connectivity index (χ4v) is 4.97. The Labute approximate surface area is 192 Å². The number of aromatic nitrogens is 2. The van der Waals surface area contributed by atoms with Crippen LogP contribution in [-0.4, -0.2) is 16.0 Å². The van der Waals surface area contributed by atoms with Crippen molar-refractivity contribution in [2.24, 2.45) is 0 Å². The number of unbranched alkanes of at least 4 members (excludes halogenated alkanes) is 10. The monoisotopic (exact) mass is 440 g/mol. The molecule has 0 aliphatic heterocycles. The first-order valence-electron chi connectivity index (χ1n) is 12.5. The Morgan fingerprint density at radius 1 is 0.774 bits per heavy atom. The van der Waals surface area contributed by atoms with Crippen molar-refractivity contribution < 1.29 is 4.74 Å². The number of fused-ring (bicyclic) bond motifs is 1. The number of aryl methyl sites for hydroxylation is 1. The lowest BCUT2D eigenvalue weighted by molar-refractivity contribution is 0.304. The molecule has 170 valence electrons. The summed E-state index contributed by atoms with van der Waals surface area (Å²) in [5, 5.41) is 0. The number of ether oxygens (including phenoxy) is 1. The quantitative estimate of drug-likeness (QED) is 0.208. The van der Waals surface area contributed by atoms with Crippen LogP contribution in [0.3, 0.4) is 0 Å². The number of hydrogen-bond acceptors (Lipinski definition) is 3. The molecule has 0 saturated carbocycles. The summed E-state index contributed by atoms with van der Waals surface area (Å²) in [6.07, 6.45) is 21.4. The molecule has 0 atom stereocenters. The first kappa shape index (κ1) is 23.8. The summed E-state index contributed by atoms with van der Waals surface area (Å²) in [6.45, 7) is 5.35. The third-order valence-corrected chi connectivity index (χ3v) is 6.95. The second-order valence-corrected chi connectivity index (χ2v) is 9.77. The van der Waals surface area contributed by atoms with Crippen LogP contribution in [-0.2, 0) is 6.42 Å². The van der Waals surface area contributed by atoms with Gasteiger partial charge in [0.2, 0.25) is 0 Å². The number of thiazole rings is 1. The van der Waals surface area contributed by atoms with Crippen LogP contribution in [0.25, 0.3) is 16.2 Å². The fraction of sp³-hybridized carbons (Fsp3) is 0.593. The summed E-state index contributed by atoms with van der Waals surface area (Å²) in [5.74, 6) is 0.959. The Kier molecular flexibility index (Phi) is 10.4. The third kappa shape index (κ3) is 7.99. The van der Waals surface area contributed by atoms with Crippen molar-refractivity contribution in [2.75, 3.05) is 6.61 Å². The van der Waals surface area contributed by atoms with Gasteiger partial charge in [0.15, 0.2) is 4.96 Å². The van der Waals surface area contributed by atoms with Gasteiger partial charge in [-0.15, -0.1) is 11.3 Å². The van der Waals surface area contributed by atoms with Crippen molar-refractivity contribution in [3.63, 3.8) is 0 Å². The zero-order valence-corrected chi connectivity index (χ0v) is 20.4. The summed E-state index contributed by atoms with van der Waals surface area (Å²) in [6, 6.07) is 8.40. The second-order valence-electron chi connectivity index (χ2n) is 8.67. The molecular formula is C27H40N2OS. The van der Waals surface area contributed by atoms with Crippen molar-refractivity contribution in [3.05, 3.63) is 41.5 Å². The summed E-state index contributed by atoms with van der Waals surface area (Å²) >= 11 is 1.83. The van der Waals surface area contributed by atoms with Crippen LogP contribution in [0.1, 0.15) is 95.8 Å². The summed E-state index contributed by atoms with van der Waals surface area (Å²) < 4.78 is 8.11. The van der Waals surface area contributed by atoms with E-state index in [1.165, 1.54) is 81.9 Å². The Bertz CT molecular complexity index is 834. The topological polar surface area (TPSA) is 26.5 Å². The normalized spacial score (nSPS) is 11.4. The summed E-state index contributed by atoms with van der Waals surface area (Å²) in [5.41, 5.74) is 2.19. The standard InChI is InChI=1S/C27H40N2OS/c1-3-5-7-9-10-12-14-20-30-24-18-16-23(17-19-24)26-22-29-21-25(31-27(29)28-26)15-13-11-8-6-4-2/h16-19,21-22H,3-15,20H2,1-2H3. The first-order valence-corrected chi connectivity index (χ1v) is 13.3. The van der Waals surface area contributed by atoms with E-state index in [4.69, 9.17) is 9.72 Å². The van der Waals surface area contributed by atoms with Crippen LogP contribution in [0.4, 0.5) is 0 Å². The van der Waals surface area contributed by atoms with Crippen LogP contribution in [0.5, 0.6) is 5.75 Å². The van der Waals surface area contributed by atoms with E-state index in [9.17, 15) is 0 Å². The van der Waals surface area contributed by atoms with E-state index in [2.05, 4.69) is 54.9 Å². The lowest BCUT2D eigenvalue weighted by Gasteiger charge is -2.07. The van der Waals surface area contributed by atoms with Gasteiger partial charge in [-0.2, -0.15) is 0 Å². The van der Waals surface area contributed by atoms with Gasteiger partial charge in [-0.1, -0.05) is 78.1 Å². The maximum Gasteiger partial charge on any atom is 0.194 e. The minimum atomic E-state index is 0.814. The number of imidazole rings is 1. The number of hydrogen-bond donors (Lipinski definition) is 0. The van der Waals surface area contributed by atoms with Crippen molar-refractivity contribution in [2.45, 2.75) is 97.3 Å². The van der Waals surface area contributed by atoms with Crippen LogP contribution < -0.4 is 4.74 Å². The average molecular weight is 441 g/mol. The maximum atomic E-state index is 5.92.